The third kappa shape index (κ3) is 4.15. The van der Waals surface area contributed by atoms with Gasteiger partial charge in [-0.25, -0.2) is 8.42 Å². The summed E-state index contributed by atoms with van der Waals surface area (Å²) in [6, 6.07) is 18.7. The third-order valence-corrected chi connectivity index (χ3v) is 7.84. The largest absolute Gasteiger partial charge is 0.479 e. The van der Waals surface area contributed by atoms with Gasteiger partial charge in [-0.3, -0.25) is 9.59 Å². The Morgan fingerprint density at radius 3 is 2.68 bits per heavy atom. The first-order valence-corrected chi connectivity index (χ1v) is 12.4. The highest BCUT2D eigenvalue weighted by atomic mass is 32.2. The Balaban J connectivity index is 1.35. The van der Waals surface area contributed by atoms with Crippen LogP contribution in [0.5, 0.6) is 5.75 Å². The Kier molecular flexibility index (Phi) is 5.59. The number of ether oxygens (including phenoxy) is 1. The molecule has 2 amide bonds. The minimum absolute atomic E-state index is 0.0691. The summed E-state index contributed by atoms with van der Waals surface area (Å²) in [6.07, 6.45) is 0.0541. The van der Waals surface area contributed by atoms with Gasteiger partial charge in [0.25, 0.3) is 11.8 Å². The Labute approximate surface area is 197 Å². The number of benzene rings is 3. The summed E-state index contributed by atoms with van der Waals surface area (Å²) in [5.41, 5.74) is 3.27. The number of fused-ring (bicyclic) bond motifs is 2. The Hall–Kier alpha value is -3.69. The molecule has 8 nitrogen and oxygen atoms in total. The van der Waals surface area contributed by atoms with E-state index in [2.05, 4.69) is 10.6 Å². The molecule has 2 heterocycles. The van der Waals surface area contributed by atoms with Crippen LogP contribution in [0.4, 0.5) is 11.4 Å². The van der Waals surface area contributed by atoms with Crippen molar-refractivity contribution in [1.29, 1.82) is 0 Å². The molecule has 0 unspecified atom stereocenters. The fourth-order valence-electron chi connectivity index (χ4n) is 4.11. The number of nitrogens with one attached hydrogen (secondary N) is 2. The maximum atomic E-state index is 13.3. The van der Waals surface area contributed by atoms with E-state index < -0.39 is 22.0 Å². The molecule has 174 valence electrons. The number of sulfonamides is 1. The van der Waals surface area contributed by atoms with Crippen LogP contribution in [-0.2, 0) is 27.8 Å². The van der Waals surface area contributed by atoms with Gasteiger partial charge in [0.05, 0.1) is 10.6 Å². The first-order valence-electron chi connectivity index (χ1n) is 10.9. The molecule has 9 heteroatoms. The van der Waals surface area contributed by atoms with Crippen LogP contribution in [0.25, 0.3) is 0 Å². The van der Waals surface area contributed by atoms with E-state index in [0.29, 0.717) is 36.6 Å². The zero-order chi connectivity index (χ0) is 23.9. The van der Waals surface area contributed by atoms with Crippen molar-refractivity contribution in [3.8, 4) is 5.75 Å². The normalized spacial score (nSPS) is 17.7. The molecule has 0 bridgehead atoms. The molecular formula is C25H23N3O5S. The number of amides is 2. The zero-order valence-electron chi connectivity index (χ0n) is 18.4. The van der Waals surface area contributed by atoms with Gasteiger partial charge in [0.15, 0.2) is 6.10 Å². The predicted octanol–water partition coefficient (Wildman–Crippen LogP) is 3.41. The van der Waals surface area contributed by atoms with Crippen LogP contribution in [0.1, 0.15) is 28.4 Å². The number of nitrogens with zero attached hydrogens (tertiary/aromatic N) is 1. The Morgan fingerprint density at radius 2 is 1.85 bits per heavy atom. The molecule has 2 aliphatic rings. The number of carbonyl (C=O) groups is 2. The van der Waals surface area contributed by atoms with E-state index in [-0.39, 0.29) is 16.4 Å². The maximum absolute atomic E-state index is 13.3. The van der Waals surface area contributed by atoms with Crippen molar-refractivity contribution >= 4 is 33.2 Å². The lowest BCUT2D eigenvalue weighted by Crippen LogP contribution is -2.36. The number of hydrogen-bond donors (Lipinski definition) is 2. The summed E-state index contributed by atoms with van der Waals surface area (Å²) in [5.74, 6) is -0.215. The van der Waals surface area contributed by atoms with Gasteiger partial charge in [-0.1, -0.05) is 30.3 Å². The molecule has 0 aromatic heterocycles. The van der Waals surface area contributed by atoms with E-state index in [0.717, 1.165) is 11.1 Å². The lowest BCUT2D eigenvalue weighted by atomic mass is 10.0. The van der Waals surface area contributed by atoms with Crippen molar-refractivity contribution in [2.24, 2.45) is 0 Å². The highest BCUT2D eigenvalue weighted by Crippen LogP contribution is 2.32. The van der Waals surface area contributed by atoms with E-state index in [9.17, 15) is 18.0 Å². The predicted molar refractivity (Wildman–Crippen MR) is 127 cm³/mol. The molecule has 0 spiro atoms. The van der Waals surface area contributed by atoms with Crippen LogP contribution in [0.2, 0.25) is 0 Å². The van der Waals surface area contributed by atoms with Gasteiger partial charge in [0.2, 0.25) is 10.0 Å². The van der Waals surface area contributed by atoms with Crippen molar-refractivity contribution in [3.63, 3.8) is 0 Å². The minimum Gasteiger partial charge on any atom is -0.479 e. The maximum Gasteiger partial charge on any atom is 0.265 e. The van der Waals surface area contributed by atoms with Crippen LogP contribution < -0.4 is 15.4 Å². The summed E-state index contributed by atoms with van der Waals surface area (Å²) >= 11 is 0. The smallest absolute Gasteiger partial charge is 0.265 e. The van der Waals surface area contributed by atoms with Gasteiger partial charge < -0.3 is 15.4 Å². The molecule has 0 radical (unpaired) electrons. The first kappa shape index (κ1) is 22.1. The molecule has 5 rings (SSSR count). The standard InChI is InChI=1S/C25H23N3O5S/c1-16-24(29)27-22-14-20(9-10-23(22)33-16)26-25(30)18-7-4-8-21(13-18)34(31,32)28-12-11-17-5-2-3-6-19(17)15-28/h2-10,13-14,16H,11-12,15H2,1H3,(H,26,30)(H,27,29)/t16-/m0/s1. The van der Waals surface area contributed by atoms with Crippen molar-refractivity contribution in [2.45, 2.75) is 30.9 Å². The summed E-state index contributed by atoms with van der Waals surface area (Å²) in [5, 5.41) is 5.49. The third-order valence-electron chi connectivity index (χ3n) is 6.00. The second-order valence-corrected chi connectivity index (χ2v) is 10.2. The second kappa shape index (κ2) is 8.58. The molecule has 3 aromatic rings. The molecule has 2 N–H and O–H groups in total. The molecule has 2 aliphatic heterocycles. The second-order valence-electron chi connectivity index (χ2n) is 8.30. The quantitative estimate of drug-likeness (QED) is 0.599. The van der Waals surface area contributed by atoms with Gasteiger partial charge in [0, 0.05) is 24.3 Å². The summed E-state index contributed by atoms with van der Waals surface area (Å²) in [6.45, 7) is 2.34. The van der Waals surface area contributed by atoms with Crippen LogP contribution in [0.15, 0.2) is 71.6 Å². The zero-order valence-corrected chi connectivity index (χ0v) is 19.3. The Bertz CT molecular complexity index is 1400. The van der Waals surface area contributed by atoms with Crippen LogP contribution in [0, 0.1) is 0 Å². The van der Waals surface area contributed by atoms with Crippen molar-refractivity contribution in [1.82, 2.24) is 4.31 Å². The lowest BCUT2D eigenvalue weighted by Gasteiger charge is -2.28. The summed E-state index contributed by atoms with van der Waals surface area (Å²) in [7, 11) is -3.77. The molecule has 0 fully saturated rings. The van der Waals surface area contributed by atoms with Crippen molar-refractivity contribution < 1.29 is 22.7 Å². The van der Waals surface area contributed by atoms with Gasteiger partial charge in [-0.05, 0) is 60.9 Å². The SMILES string of the molecule is C[C@@H]1Oc2ccc(NC(=O)c3cccc(S(=O)(=O)N4CCc5ccccc5C4)c3)cc2NC1=O. The molecule has 0 aliphatic carbocycles. The molecule has 34 heavy (non-hydrogen) atoms. The fraction of sp³-hybridized carbons (Fsp3) is 0.200. The summed E-state index contributed by atoms with van der Waals surface area (Å²) in [4.78, 5) is 24.8. The fourth-order valence-corrected chi connectivity index (χ4v) is 5.58. The van der Waals surface area contributed by atoms with Gasteiger partial charge in [0.1, 0.15) is 5.75 Å². The van der Waals surface area contributed by atoms with E-state index in [1.165, 1.54) is 16.4 Å². The molecule has 0 saturated carbocycles. The number of anilines is 2. The summed E-state index contributed by atoms with van der Waals surface area (Å²) < 4.78 is 33.5. The Morgan fingerprint density at radius 1 is 1.06 bits per heavy atom. The first-order chi connectivity index (χ1) is 16.3. The van der Waals surface area contributed by atoms with Crippen LogP contribution in [0.3, 0.4) is 0 Å². The van der Waals surface area contributed by atoms with E-state index in [1.807, 2.05) is 24.3 Å². The average molecular weight is 478 g/mol. The van der Waals surface area contributed by atoms with Crippen molar-refractivity contribution in [3.05, 3.63) is 83.4 Å². The lowest BCUT2D eigenvalue weighted by molar-refractivity contribution is -0.122. The topological polar surface area (TPSA) is 105 Å². The minimum atomic E-state index is -3.77. The number of hydrogen-bond acceptors (Lipinski definition) is 5. The molecule has 1 atom stereocenters. The van der Waals surface area contributed by atoms with Gasteiger partial charge >= 0.3 is 0 Å². The van der Waals surface area contributed by atoms with Crippen molar-refractivity contribution in [2.75, 3.05) is 17.2 Å². The highest BCUT2D eigenvalue weighted by molar-refractivity contribution is 7.89. The van der Waals surface area contributed by atoms with E-state index in [4.69, 9.17) is 4.74 Å². The molecule has 0 saturated heterocycles. The van der Waals surface area contributed by atoms with E-state index >= 15 is 0 Å². The average Bonchev–Trinajstić information content (AvgIpc) is 2.84. The van der Waals surface area contributed by atoms with Gasteiger partial charge in [-0.2, -0.15) is 4.31 Å². The number of carbonyl (C=O) groups excluding carboxylic acids is 2. The highest BCUT2D eigenvalue weighted by Gasteiger charge is 2.29. The van der Waals surface area contributed by atoms with E-state index in [1.54, 1.807) is 37.3 Å². The van der Waals surface area contributed by atoms with Gasteiger partial charge in [-0.15, -0.1) is 0 Å². The molecular weight excluding hydrogens is 454 g/mol. The monoisotopic (exact) mass is 477 g/mol. The van der Waals surface area contributed by atoms with Crippen LogP contribution >= 0.6 is 0 Å². The molecule has 3 aromatic carbocycles. The van der Waals surface area contributed by atoms with Crippen LogP contribution in [-0.4, -0.2) is 37.2 Å². The number of rotatable bonds is 4.